The van der Waals surface area contributed by atoms with Crippen molar-refractivity contribution >= 4 is 39.9 Å². The van der Waals surface area contributed by atoms with Crippen molar-refractivity contribution in [2.45, 2.75) is 18.9 Å². The maximum atomic E-state index is 12.0. The molecule has 1 aromatic rings. The fourth-order valence-electron chi connectivity index (χ4n) is 1.07. The molecule has 1 aromatic carbocycles. The summed E-state index contributed by atoms with van der Waals surface area (Å²) < 4.78 is 24.7. The normalized spacial score (nSPS) is 12.4. The van der Waals surface area contributed by atoms with Gasteiger partial charge >= 0.3 is 0 Å². The predicted molar refractivity (Wildman–Crippen MR) is 63.9 cm³/mol. The van der Waals surface area contributed by atoms with Gasteiger partial charge in [-0.2, -0.15) is 0 Å². The number of nitrogens with two attached hydrogens (primary N) is 1. The first kappa shape index (κ1) is 15.1. The van der Waals surface area contributed by atoms with Crippen LogP contribution in [0.3, 0.4) is 0 Å². The fourth-order valence-corrected chi connectivity index (χ4v) is 1.59. The Kier molecular flexibility index (Phi) is 6.68. The Bertz CT molecular complexity index is 323. The first-order chi connectivity index (χ1) is 6.50. The molecule has 0 bridgehead atoms. The van der Waals surface area contributed by atoms with Crippen LogP contribution >= 0.6 is 39.9 Å². The van der Waals surface area contributed by atoms with Crippen LogP contribution in [-0.4, -0.2) is 6.43 Å². The van der Waals surface area contributed by atoms with Crippen LogP contribution in [0.4, 0.5) is 8.78 Å². The van der Waals surface area contributed by atoms with Crippen molar-refractivity contribution < 1.29 is 8.78 Å². The standard InChI is InChI=1S/C9H9BrClF2N.ClH/c10-6-3-5(1-2-7(6)11)8(14)4-9(12)13;/h1-3,8-9H,4,14H2;1H/t8-;/m0./s1. The number of benzene rings is 1. The third-order valence-electron chi connectivity index (χ3n) is 1.80. The van der Waals surface area contributed by atoms with Crippen molar-refractivity contribution in [3.63, 3.8) is 0 Å². The smallest absolute Gasteiger partial charge is 0.240 e. The van der Waals surface area contributed by atoms with Gasteiger partial charge in [0.2, 0.25) is 6.43 Å². The zero-order valence-electron chi connectivity index (χ0n) is 7.59. The molecule has 0 fully saturated rings. The Balaban J connectivity index is 0.00000196. The highest BCUT2D eigenvalue weighted by Crippen LogP contribution is 2.27. The van der Waals surface area contributed by atoms with Crippen molar-refractivity contribution in [1.82, 2.24) is 0 Å². The van der Waals surface area contributed by atoms with Gasteiger partial charge < -0.3 is 5.73 Å². The molecule has 0 heterocycles. The molecule has 1 atom stereocenters. The lowest BCUT2D eigenvalue weighted by molar-refractivity contribution is 0.128. The van der Waals surface area contributed by atoms with Crippen LogP contribution in [0.5, 0.6) is 0 Å². The topological polar surface area (TPSA) is 26.0 Å². The largest absolute Gasteiger partial charge is 0.324 e. The summed E-state index contributed by atoms with van der Waals surface area (Å²) in [5.41, 5.74) is 6.23. The molecule has 2 N–H and O–H groups in total. The van der Waals surface area contributed by atoms with Crippen molar-refractivity contribution in [2.75, 3.05) is 0 Å². The van der Waals surface area contributed by atoms with Gasteiger partial charge in [-0.15, -0.1) is 12.4 Å². The van der Waals surface area contributed by atoms with Gasteiger partial charge in [-0.3, -0.25) is 0 Å². The van der Waals surface area contributed by atoms with Crippen molar-refractivity contribution in [3.05, 3.63) is 33.3 Å². The molecule has 0 aliphatic rings. The second-order valence-corrected chi connectivity index (χ2v) is 4.17. The lowest BCUT2D eigenvalue weighted by Gasteiger charge is -2.11. The minimum Gasteiger partial charge on any atom is -0.324 e. The molecule has 86 valence electrons. The summed E-state index contributed by atoms with van der Waals surface area (Å²) in [5, 5.41) is 0.540. The molecule has 1 rings (SSSR count). The molecular formula is C9H10BrCl2F2N. The molecule has 0 aromatic heterocycles. The molecule has 0 aliphatic carbocycles. The summed E-state index contributed by atoms with van der Waals surface area (Å²) in [7, 11) is 0. The third-order valence-corrected chi connectivity index (χ3v) is 3.02. The zero-order chi connectivity index (χ0) is 10.7. The fraction of sp³-hybridized carbons (Fsp3) is 0.333. The van der Waals surface area contributed by atoms with E-state index in [0.29, 0.717) is 15.1 Å². The summed E-state index contributed by atoms with van der Waals surface area (Å²) in [5.74, 6) is 0. The minimum absolute atomic E-state index is 0. The van der Waals surface area contributed by atoms with E-state index < -0.39 is 12.5 Å². The SMILES string of the molecule is Cl.N[C@@H](CC(F)F)c1ccc(Cl)c(Br)c1. The van der Waals surface area contributed by atoms with Gasteiger partial charge in [0.15, 0.2) is 0 Å². The zero-order valence-corrected chi connectivity index (χ0v) is 10.7. The number of hydrogen-bond donors (Lipinski definition) is 1. The van der Waals surface area contributed by atoms with E-state index in [1.807, 2.05) is 0 Å². The lowest BCUT2D eigenvalue weighted by atomic mass is 10.1. The molecule has 15 heavy (non-hydrogen) atoms. The van der Waals surface area contributed by atoms with E-state index in [1.54, 1.807) is 18.2 Å². The lowest BCUT2D eigenvalue weighted by Crippen LogP contribution is -2.13. The van der Waals surface area contributed by atoms with Crippen molar-refractivity contribution in [1.29, 1.82) is 0 Å². The molecular weight excluding hydrogens is 311 g/mol. The summed E-state index contributed by atoms with van der Waals surface area (Å²) in [6.07, 6.45) is -2.73. The van der Waals surface area contributed by atoms with Gasteiger partial charge in [0.05, 0.1) is 5.02 Å². The van der Waals surface area contributed by atoms with E-state index in [4.69, 9.17) is 17.3 Å². The Morgan fingerprint density at radius 2 is 2.00 bits per heavy atom. The highest BCUT2D eigenvalue weighted by molar-refractivity contribution is 9.10. The Morgan fingerprint density at radius 3 is 2.47 bits per heavy atom. The maximum absolute atomic E-state index is 12.0. The van der Waals surface area contributed by atoms with Crippen LogP contribution in [0.1, 0.15) is 18.0 Å². The van der Waals surface area contributed by atoms with E-state index >= 15 is 0 Å². The van der Waals surface area contributed by atoms with E-state index in [1.165, 1.54) is 0 Å². The van der Waals surface area contributed by atoms with Gasteiger partial charge in [-0.05, 0) is 33.6 Å². The van der Waals surface area contributed by atoms with Gasteiger partial charge in [0.25, 0.3) is 0 Å². The number of halogens is 5. The predicted octanol–water partition coefficient (Wildman–Crippen LogP) is 4.18. The Morgan fingerprint density at radius 1 is 1.40 bits per heavy atom. The summed E-state index contributed by atoms with van der Waals surface area (Å²) in [4.78, 5) is 0. The van der Waals surface area contributed by atoms with E-state index in [9.17, 15) is 8.78 Å². The average molecular weight is 321 g/mol. The number of rotatable bonds is 3. The first-order valence-electron chi connectivity index (χ1n) is 3.99. The molecule has 6 heteroatoms. The van der Waals surface area contributed by atoms with Crippen LogP contribution in [0, 0.1) is 0 Å². The Hall–Kier alpha value is 0.1000. The van der Waals surface area contributed by atoms with E-state index in [0.717, 1.165) is 0 Å². The monoisotopic (exact) mass is 319 g/mol. The van der Waals surface area contributed by atoms with E-state index in [2.05, 4.69) is 15.9 Å². The van der Waals surface area contributed by atoms with Gasteiger partial charge in [-0.1, -0.05) is 17.7 Å². The van der Waals surface area contributed by atoms with Crippen LogP contribution in [0.25, 0.3) is 0 Å². The molecule has 0 saturated carbocycles. The minimum atomic E-state index is -2.39. The molecule has 1 nitrogen and oxygen atoms in total. The molecule has 0 spiro atoms. The summed E-state index contributed by atoms with van der Waals surface area (Å²) in [6, 6.07) is 4.30. The second kappa shape index (κ2) is 6.63. The highest BCUT2D eigenvalue weighted by Gasteiger charge is 2.13. The molecule has 0 unspecified atom stereocenters. The maximum Gasteiger partial charge on any atom is 0.240 e. The number of alkyl halides is 2. The summed E-state index contributed by atoms with van der Waals surface area (Å²) >= 11 is 8.96. The first-order valence-corrected chi connectivity index (χ1v) is 5.16. The van der Waals surface area contributed by atoms with E-state index in [-0.39, 0.29) is 18.8 Å². The second-order valence-electron chi connectivity index (χ2n) is 2.91. The van der Waals surface area contributed by atoms with Gasteiger partial charge in [0, 0.05) is 16.9 Å². The van der Waals surface area contributed by atoms with Crippen LogP contribution in [0.15, 0.2) is 22.7 Å². The molecule has 0 saturated heterocycles. The van der Waals surface area contributed by atoms with Crippen LogP contribution < -0.4 is 5.73 Å². The van der Waals surface area contributed by atoms with Crippen molar-refractivity contribution in [2.24, 2.45) is 5.73 Å². The van der Waals surface area contributed by atoms with Crippen LogP contribution in [-0.2, 0) is 0 Å². The molecule has 0 aliphatic heterocycles. The quantitative estimate of drug-likeness (QED) is 0.888. The molecule has 0 radical (unpaired) electrons. The van der Waals surface area contributed by atoms with Gasteiger partial charge in [-0.25, -0.2) is 8.78 Å². The number of hydrogen-bond acceptors (Lipinski definition) is 1. The third kappa shape index (κ3) is 4.64. The average Bonchev–Trinajstić information content (AvgIpc) is 2.08. The Labute approximate surface area is 107 Å². The highest BCUT2D eigenvalue weighted by atomic mass is 79.9. The van der Waals surface area contributed by atoms with Gasteiger partial charge in [0.1, 0.15) is 0 Å². The summed E-state index contributed by atoms with van der Waals surface area (Å²) in [6.45, 7) is 0. The van der Waals surface area contributed by atoms with Crippen LogP contribution in [0.2, 0.25) is 5.02 Å². The van der Waals surface area contributed by atoms with Crippen molar-refractivity contribution in [3.8, 4) is 0 Å². The molecule has 0 amide bonds.